The van der Waals surface area contributed by atoms with Gasteiger partial charge in [0.05, 0.1) is 22.3 Å². The summed E-state index contributed by atoms with van der Waals surface area (Å²) in [5.41, 5.74) is -0.0820. The summed E-state index contributed by atoms with van der Waals surface area (Å²) >= 11 is 0. The molecule has 166 valence electrons. The van der Waals surface area contributed by atoms with Crippen LogP contribution in [-0.2, 0) is 23.9 Å². The summed E-state index contributed by atoms with van der Waals surface area (Å²) in [6.07, 6.45) is -1.09. The number of halogens is 3. The van der Waals surface area contributed by atoms with E-state index in [0.717, 1.165) is 22.9 Å². The minimum Gasteiger partial charge on any atom is -0.323 e. The Hall–Kier alpha value is -3.76. The van der Waals surface area contributed by atoms with Gasteiger partial charge in [-0.2, -0.15) is 18.3 Å². The van der Waals surface area contributed by atoms with Gasteiger partial charge in [0, 0.05) is 11.6 Å². The van der Waals surface area contributed by atoms with Gasteiger partial charge in [-0.3, -0.25) is 14.0 Å². The molecule has 8 nitrogen and oxygen atoms in total. The average molecular weight is 444 g/mol. The van der Waals surface area contributed by atoms with Crippen LogP contribution in [-0.4, -0.2) is 30.3 Å². The average Bonchev–Trinajstić information content (AvgIpc) is 3.18. The van der Waals surface area contributed by atoms with Crippen molar-refractivity contribution >= 4 is 28.0 Å². The summed E-state index contributed by atoms with van der Waals surface area (Å²) in [5, 5.41) is 14.8. The molecular formula is C21H19F3N6O2. The number of carbonyl (C=O) groups is 1. The van der Waals surface area contributed by atoms with Crippen LogP contribution in [0.25, 0.3) is 16.4 Å². The summed E-state index contributed by atoms with van der Waals surface area (Å²) in [6.45, 7) is 3.40. The Morgan fingerprint density at radius 1 is 1.16 bits per heavy atom. The van der Waals surface area contributed by atoms with Crippen LogP contribution in [0.3, 0.4) is 0 Å². The van der Waals surface area contributed by atoms with Crippen LogP contribution in [0, 0.1) is 5.92 Å². The van der Waals surface area contributed by atoms with E-state index in [2.05, 4.69) is 20.6 Å². The molecule has 0 spiro atoms. The van der Waals surface area contributed by atoms with Gasteiger partial charge >= 0.3 is 6.18 Å². The van der Waals surface area contributed by atoms with Crippen molar-refractivity contribution in [2.24, 2.45) is 5.92 Å². The van der Waals surface area contributed by atoms with Crippen LogP contribution in [0.15, 0.2) is 47.7 Å². The van der Waals surface area contributed by atoms with Gasteiger partial charge in [-0.1, -0.05) is 13.8 Å². The van der Waals surface area contributed by atoms with Crippen molar-refractivity contribution in [2.75, 3.05) is 5.32 Å². The van der Waals surface area contributed by atoms with Crippen molar-refractivity contribution < 1.29 is 18.0 Å². The number of alkyl halides is 3. The molecule has 0 radical (unpaired) electrons. The number of pyridine rings is 1. The van der Waals surface area contributed by atoms with Gasteiger partial charge in [0.15, 0.2) is 5.65 Å². The van der Waals surface area contributed by atoms with E-state index in [-0.39, 0.29) is 23.2 Å². The highest BCUT2D eigenvalue weighted by Crippen LogP contribution is 2.31. The van der Waals surface area contributed by atoms with E-state index < -0.39 is 23.2 Å². The minimum atomic E-state index is -4.54. The van der Waals surface area contributed by atoms with Gasteiger partial charge in [0.25, 0.3) is 5.56 Å². The zero-order chi connectivity index (χ0) is 23.0. The van der Waals surface area contributed by atoms with E-state index in [9.17, 15) is 22.8 Å². The van der Waals surface area contributed by atoms with Crippen LogP contribution in [0.5, 0.6) is 0 Å². The number of hydrogen-bond donors (Lipinski definition) is 1. The molecule has 0 unspecified atom stereocenters. The standard InChI is InChI=1S/C21H19F3N6O2/c1-12(2)7-17-16-8-13(21(22,23)24)3-5-15(16)20(32)30(28-17)10-19(31)26-14-4-6-18-27-25-11-29(18)9-14/h3-6,8-9,11-12H,7,10H2,1-2H3,(H,26,31). The second-order valence-corrected chi connectivity index (χ2v) is 7.83. The van der Waals surface area contributed by atoms with E-state index >= 15 is 0 Å². The van der Waals surface area contributed by atoms with Gasteiger partial charge in [0.1, 0.15) is 12.9 Å². The van der Waals surface area contributed by atoms with Crippen molar-refractivity contribution in [1.82, 2.24) is 24.4 Å². The smallest absolute Gasteiger partial charge is 0.323 e. The number of benzene rings is 1. The van der Waals surface area contributed by atoms with Crippen molar-refractivity contribution in [3.63, 3.8) is 0 Å². The normalized spacial score (nSPS) is 12.1. The fourth-order valence-electron chi connectivity index (χ4n) is 3.41. The molecule has 0 saturated carbocycles. The molecule has 0 saturated heterocycles. The number of rotatable bonds is 5. The molecule has 3 aromatic heterocycles. The van der Waals surface area contributed by atoms with Gasteiger partial charge in [-0.05, 0) is 42.7 Å². The van der Waals surface area contributed by atoms with Crippen LogP contribution in [0.4, 0.5) is 18.9 Å². The fraction of sp³-hybridized carbons (Fsp3) is 0.286. The molecule has 4 rings (SSSR count). The highest BCUT2D eigenvalue weighted by molar-refractivity contribution is 5.91. The first-order valence-electron chi connectivity index (χ1n) is 9.82. The van der Waals surface area contributed by atoms with E-state index in [0.29, 0.717) is 23.4 Å². The second kappa shape index (κ2) is 8.06. The Bertz CT molecular complexity index is 1370. The number of nitrogens with zero attached hydrogens (tertiary/aromatic N) is 5. The number of anilines is 1. The van der Waals surface area contributed by atoms with Crippen LogP contribution < -0.4 is 10.9 Å². The molecule has 1 N–H and O–H groups in total. The summed E-state index contributed by atoms with van der Waals surface area (Å²) in [7, 11) is 0. The van der Waals surface area contributed by atoms with Crippen molar-refractivity contribution in [3.05, 3.63) is 64.5 Å². The van der Waals surface area contributed by atoms with Crippen molar-refractivity contribution in [3.8, 4) is 0 Å². The number of hydrogen-bond acceptors (Lipinski definition) is 5. The van der Waals surface area contributed by atoms with E-state index in [1.807, 2.05) is 13.8 Å². The Balaban J connectivity index is 1.68. The lowest BCUT2D eigenvalue weighted by Gasteiger charge is -2.14. The highest BCUT2D eigenvalue weighted by atomic mass is 19.4. The number of nitrogens with one attached hydrogen (secondary N) is 1. The fourth-order valence-corrected chi connectivity index (χ4v) is 3.41. The molecule has 0 bridgehead atoms. The predicted octanol–water partition coefficient (Wildman–Crippen LogP) is 3.30. The third kappa shape index (κ3) is 4.32. The monoisotopic (exact) mass is 444 g/mol. The third-order valence-electron chi connectivity index (χ3n) is 4.83. The lowest BCUT2D eigenvalue weighted by atomic mass is 10.0. The lowest BCUT2D eigenvalue weighted by molar-refractivity contribution is -0.137. The summed E-state index contributed by atoms with van der Waals surface area (Å²) < 4.78 is 42.1. The first-order chi connectivity index (χ1) is 15.1. The van der Waals surface area contributed by atoms with Gasteiger partial charge in [0.2, 0.25) is 5.91 Å². The Kier molecular flexibility index (Phi) is 5.41. The lowest BCUT2D eigenvalue weighted by Crippen LogP contribution is -2.31. The first-order valence-corrected chi connectivity index (χ1v) is 9.82. The SMILES string of the molecule is CC(C)Cc1nn(CC(=O)Nc2ccc3nncn3c2)c(=O)c2ccc(C(F)(F)F)cc12. The second-order valence-electron chi connectivity index (χ2n) is 7.83. The number of fused-ring (bicyclic) bond motifs is 2. The molecule has 32 heavy (non-hydrogen) atoms. The van der Waals surface area contributed by atoms with Gasteiger partial charge in [-0.25, -0.2) is 4.68 Å². The molecular weight excluding hydrogens is 425 g/mol. The Morgan fingerprint density at radius 2 is 1.94 bits per heavy atom. The van der Waals surface area contributed by atoms with Crippen LogP contribution >= 0.6 is 0 Å². The molecule has 3 heterocycles. The molecule has 0 atom stereocenters. The zero-order valence-electron chi connectivity index (χ0n) is 17.2. The summed E-state index contributed by atoms with van der Waals surface area (Å²) in [5.74, 6) is -0.427. The molecule has 4 aromatic rings. The largest absolute Gasteiger partial charge is 0.416 e. The Labute approximate surface area is 179 Å². The van der Waals surface area contributed by atoms with Gasteiger partial charge in [-0.15, -0.1) is 10.2 Å². The number of amides is 1. The summed E-state index contributed by atoms with van der Waals surface area (Å²) in [6, 6.07) is 6.26. The van der Waals surface area contributed by atoms with E-state index in [1.54, 1.807) is 22.7 Å². The molecule has 1 amide bonds. The predicted molar refractivity (Wildman–Crippen MR) is 111 cm³/mol. The first kappa shape index (κ1) is 21.5. The molecule has 1 aromatic carbocycles. The van der Waals surface area contributed by atoms with Crippen molar-refractivity contribution in [1.29, 1.82) is 0 Å². The van der Waals surface area contributed by atoms with Crippen molar-refractivity contribution in [2.45, 2.75) is 33.0 Å². The van der Waals surface area contributed by atoms with Gasteiger partial charge < -0.3 is 5.32 Å². The third-order valence-corrected chi connectivity index (χ3v) is 4.83. The summed E-state index contributed by atoms with van der Waals surface area (Å²) in [4.78, 5) is 25.4. The number of aromatic nitrogens is 5. The zero-order valence-corrected chi connectivity index (χ0v) is 17.2. The Morgan fingerprint density at radius 3 is 2.66 bits per heavy atom. The molecule has 0 aliphatic heterocycles. The van der Waals surface area contributed by atoms with Crippen LogP contribution in [0.1, 0.15) is 25.1 Å². The maximum atomic E-state index is 13.2. The topological polar surface area (TPSA) is 94.2 Å². The quantitative estimate of drug-likeness (QED) is 0.510. The van der Waals surface area contributed by atoms with Crippen LogP contribution in [0.2, 0.25) is 0 Å². The molecule has 11 heteroatoms. The maximum absolute atomic E-state index is 13.2. The molecule has 0 aliphatic carbocycles. The minimum absolute atomic E-state index is 0.0792. The highest BCUT2D eigenvalue weighted by Gasteiger charge is 2.31. The number of carbonyl (C=O) groups excluding carboxylic acids is 1. The molecule has 0 fully saturated rings. The van der Waals surface area contributed by atoms with E-state index in [1.165, 1.54) is 6.33 Å². The van der Waals surface area contributed by atoms with E-state index in [4.69, 9.17) is 0 Å². The maximum Gasteiger partial charge on any atom is 0.416 e. The molecule has 0 aliphatic rings.